The molecule has 8 heteroatoms. The Morgan fingerprint density at radius 2 is 1.38 bits per heavy atom. The Bertz CT molecular complexity index is 1090. The van der Waals surface area contributed by atoms with E-state index in [-0.39, 0.29) is 5.75 Å². The molecule has 0 aromatic heterocycles. The van der Waals surface area contributed by atoms with E-state index in [2.05, 4.69) is 0 Å². The molecule has 0 aliphatic carbocycles. The van der Waals surface area contributed by atoms with Gasteiger partial charge in [0.1, 0.15) is 30.2 Å². The minimum Gasteiger partial charge on any atom is -0.496 e. The predicted molar refractivity (Wildman–Crippen MR) is 125 cm³/mol. The molecule has 5 atom stereocenters. The SMILES string of the molecule is COc1cc(-c2ccccc2)c(O[C@@H]2O[C@H](CO)[C@@H](O)[C@H](O)[C@H]2O)c(OC)c1-c1ccccc1. The van der Waals surface area contributed by atoms with Crippen molar-refractivity contribution in [2.24, 2.45) is 0 Å². The molecule has 34 heavy (non-hydrogen) atoms. The van der Waals surface area contributed by atoms with Crippen molar-refractivity contribution in [1.82, 2.24) is 0 Å². The van der Waals surface area contributed by atoms with Crippen LogP contribution in [0.2, 0.25) is 0 Å². The van der Waals surface area contributed by atoms with Crippen molar-refractivity contribution >= 4 is 0 Å². The Morgan fingerprint density at radius 1 is 0.765 bits per heavy atom. The number of benzene rings is 3. The first-order valence-corrected chi connectivity index (χ1v) is 10.9. The molecule has 8 nitrogen and oxygen atoms in total. The topological polar surface area (TPSA) is 118 Å². The third kappa shape index (κ3) is 4.46. The summed E-state index contributed by atoms with van der Waals surface area (Å²) in [6.45, 7) is -0.564. The molecule has 1 saturated heterocycles. The lowest BCUT2D eigenvalue weighted by Crippen LogP contribution is -2.60. The third-order valence-electron chi connectivity index (χ3n) is 5.85. The molecule has 1 aliphatic rings. The summed E-state index contributed by atoms with van der Waals surface area (Å²) < 4.78 is 23.3. The third-order valence-corrected chi connectivity index (χ3v) is 5.85. The Hall–Kier alpha value is -3.14. The number of hydrogen-bond acceptors (Lipinski definition) is 8. The molecular weight excluding hydrogens is 440 g/mol. The molecule has 0 saturated carbocycles. The summed E-state index contributed by atoms with van der Waals surface area (Å²) in [6.07, 6.45) is -7.14. The van der Waals surface area contributed by atoms with Crippen LogP contribution in [-0.2, 0) is 4.74 Å². The summed E-state index contributed by atoms with van der Waals surface area (Å²) in [7, 11) is 3.06. The summed E-state index contributed by atoms with van der Waals surface area (Å²) in [5.41, 5.74) is 2.84. The van der Waals surface area contributed by atoms with E-state index in [9.17, 15) is 20.4 Å². The fourth-order valence-electron chi connectivity index (χ4n) is 4.08. The van der Waals surface area contributed by atoms with Crippen molar-refractivity contribution in [2.45, 2.75) is 30.7 Å². The van der Waals surface area contributed by atoms with Crippen molar-refractivity contribution in [2.75, 3.05) is 20.8 Å². The van der Waals surface area contributed by atoms with Crippen LogP contribution in [0.25, 0.3) is 22.3 Å². The molecular formula is C26H28O8. The maximum atomic E-state index is 10.6. The van der Waals surface area contributed by atoms with Gasteiger partial charge in [0.15, 0.2) is 11.5 Å². The van der Waals surface area contributed by atoms with Crippen LogP contribution in [-0.4, -0.2) is 72.0 Å². The zero-order chi connectivity index (χ0) is 24.2. The van der Waals surface area contributed by atoms with Gasteiger partial charge in [0.2, 0.25) is 6.29 Å². The van der Waals surface area contributed by atoms with E-state index in [4.69, 9.17) is 18.9 Å². The largest absolute Gasteiger partial charge is 0.496 e. The zero-order valence-electron chi connectivity index (χ0n) is 18.9. The van der Waals surface area contributed by atoms with Gasteiger partial charge in [0, 0.05) is 5.56 Å². The highest BCUT2D eigenvalue weighted by Crippen LogP contribution is 2.50. The molecule has 1 fully saturated rings. The first-order chi connectivity index (χ1) is 16.5. The van der Waals surface area contributed by atoms with E-state index in [1.165, 1.54) is 7.11 Å². The minimum atomic E-state index is -1.58. The molecule has 0 amide bonds. The summed E-state index contributed by atoms with van der Waals surface area (Å²) in [6, 6.07) is 20.7. The normalized spacial score (nSPS) is 24.5. The Kier molecular flexibility index (Phi) is 7.35. The molecule has 1 heterocycles. The molecule has 3 aromatic rings. The number of rotatable bonds is 7. The lowest BCUT2D eigenvalue weighted by Gasteiger charge is -2.40. The first kappa shape index (κ1) is 24.0. The predicted octanol–water partition coefficient (Wildman–Crippen LogP) is 2.22. The van der Waals surface area contributed by atoms with Gasteiger partial charge in [0.25, 0.3) is 0 Å². The molecule has 4 rings (SSSR count). The maximum Gasteiger partial charge on any atom is 0.229 e. The molecule has 0 bridgehead atoms. The van der Waals surface area contributed by atoms with Gasteiger partial charge in [-0.15, -0.1) is 0 Å². The second-order valence-electron chi connectivity index (χ2n) is 7.91. The van der Waals surface area contributed by atoms with Crippen LogP contribution in [0.5, 0.6) is 17.2 Å². The summed E-state index contributed by atoms with van der Waals surface area (Å²) in [5, 5.41) is 40.6. The minimum absolute atomic E-state index is 0.248. The van der Waals surface area contributed by atoms with Crippen LogP contribution >= 0.6 is 0 Å². The quantitative estimate of drug-likeness (QED) is 0.417. The van der Waals surface area contributed by atoms with E-state index in [0.717, 1.165) is 11.1 Å². The van der Waals surface area contributed by atoms with Crippen LogP contribution < -0.4 is 14.2 Å². The van der Waals surface area contributed by atoms with Crippen molar-refractivity contribution in [1.29, 1.82) is 0 Å². The van der Waals surface area contributed by atoms with Gasteiger partial charge >= 0.3 is 0 Å². The molecule has 1 aliphatic heterocycles. The lowest BCUT2D eigenvalue weighted by atomic mass is 9.96. The van der Waals surface area contributed by atoms with Gasteiger partial charge in [-0.05, 0) is 17.2 Å². The van der Waals surface area contributed by atoms with Gasteiger partial charge in [-0.2, -0.15) is 0 Å². The van der Waals surface area contributed by atoms with Crippen LogP contribution in [0.15, 0.2) is 66.7 Å². The van der Waals surface area contributed by atoms with Gasteiger partial charge in [-0.25, -0.2) is 0 Å². The number of methoxy groups -OCH3 is 2. The van der Waals surface area contributed by atoms with E-state index >= 15 is 0 Å². The summed E-state index contributed by atoms with van der Waals surface area (Å²) in [5.74, 6) is 1.13. The van der Waals surface area contributed by atoms with Crippen LogP contribution in [0.3, 0.4) is 0 Å². The zero-order valence-corrected chi connectivity index (χ0v) is 18.9. The van der Waals surface area contributed by atoms with E-state index in [0.29, 0.717) is 22.6 Å². The number of ether oxygens (including phenoxy) is 4. The highest BCUT2D eigenvalue weighted by atomic mass is 16.7. The van der Waals surface area contributed by atoms with Gasteiger partial charge in [0.05, 0.1) is 26.4 Å². The summed E-state index contributed by atoms with van der Waals surface area (Å²) in [4.78, 5) is 0. The first-order valence-electron chi connectivity index (χ1n) is 10.9. The van der Waals surface area contributed by atoms with Crippen LogP contribution in [0.1, 0.15) is 0 Å². The fourth-order valence-corrected chi connectivity index (χ4v) is 4.08. The molecule has 0 unspecified atom stereocenters. The van der Waals surface area contributed by atoms with Gasteiger partial charge < -0.3 is 39.4 Å². The maximum absolute atomic E-state index is 10.6. The molecule has 0 radical (unpaired) electrons. The monoisotopic (exact) mass is 468 g/mol. The van der Waals surface area contributed by atoms with Crippen LogP contribution in [0.4, 0.5) is 0 Å². The average molecular weight is 469 g/mol. The second kappa shape index (κ2) is 10.4. The van der Waals surface area contributed by atoms with E-state index in [1.807, 2.05) is 60.7 Å². The van der Waals surface area contributed by atoms with Gasteiger partial charge in [-0.3, -0.25) is 0 Å². The summed E-state index contributed by atoms with van der Waals surface area (Å²) >= 11 is 0. The molecule has 0 spiro atoms. The lowest BCUT2D eigenvalue weighted by molar-refractivity contribution is -0.277. The van der Waals surface area contributed by atoms with Gasteiger partial charge in [-0.1, -0.05) is 60.7 Å². The van der Waals surface area contributed by atoms with Crippen LogP contribution in [0, 0.1) is 0 Å². The Morgan fingerprint density at radius 3 is 1.94 bits per heavy atom. The number of aliphatic hydroxyl groups is 4. The Balaban J connectivity index is 1.90. The number of aliphatic hydroxyl groups excluding tert-OH is 4. The van der Waals surface area contributed by atoms with Crippen molar-refractivity contribution in [3.8, 4) is 39.5 Å². The highest BCUT2D eigenvalue weighted by molar-refractivity contribution is 5.87. The second-order valence-corrected chi connectivity index (χ2v) is 7.91. The van der Waals surface area contributed by atoms with Crippen molar-refractivity contribution in [3.05, 3.63) is 66.7 Å². The van der Waals surface area contributed by atoms with Crippen molar-refractivity contribution < 1.29 is 39.4 Å². The molecule has 4 N–H and O–H groups in total. The van der Waals surface area contributed by atoms with Crippen molar-refractivity contribution in [3.63, 3.8) is 0 Å². The standard InChI is InChI=1S/C26H28O8/c1-31-18-13-17(15-9-5-3-6-10-15)24(25(32-2)20(18)16-11-7-4-8-12-16)34-26-23(30)22(29)21(28)19(14-27)33-26/h3-13,19,21-23,26-30H,14H2,1-2H3/t19-,21-,22+,23-,26+/m1/s1. The fraction of sp³-hybridized carbons (Fsp3) is 0.308. The molecule has 3 aromatic carbocycles. The molecule has 180 valence electrons. The van der Waals surface area contributed by atoms with E-state index < -0.39 is 37.3 Å². The Labute approximate surface area is 197 Å². The number of hydrogen-bond donors (Lipinski definition) is 4. The highest BCUT2D eigenvalue weighted by Gasteiger charge is 2.45. The van der Waals surface area contributed by atoms with E-state index in [1.54, 1.807) is 13.2 Å². The smallest absolute Gasteiger partial charge is 0.229 e. The average Bonchev–Trinajstić information content (AvgIpc) is 2.89.